The first-order valence-corrected chi connectivity index (χ1v) is 12.3. The van der Waals surface area contributed by atoms with Crippen molar-refractivity contribution in [3.8, 4) is 11.5 Å². The molecule has 0 saturated carbocycles. The lowest BCUT2D eigenvalue weighted by molar-refractivity contribution is -0.121. The van der Waals surface area contributed by atoms with Gasteiger partial charge in [0.2, 0.25) is 5.91 Å². The van der Waals surface area contributed by atoms with E-state index < -0.39 is 0 Å². The molecule has 0 aliphatic carbocycles. The largest absolute Gasteiger partial charge is 0.497 e. The first kappa shape index (κ1) is 25.4. The number of nitrogens with one attached hydrogen (secondary N) is 1. The molecule has 1 saturated heterocycles. The van der Waals surface area contributed by atoms with Gasteiger partial charge < -0.3 is 14.4 Å². The monoisotopic (exact) mass is 486 g/mol. The molecular formula is C29H34N4O3. The summed E-state index contributed by atoms with van der Waals surface area (Å²) in [5, 5.41) is 4.10. The molecule has 1 amide bonds. The predicted octanol–water partition coefficient (Wildman–Crippen LogP) is 3.95. The number of methoxy groups -OCH3 is 2. The van der Waals surface area contributed by atoms with Crippen molar-refractivity contribution < 1.29 is 14.3 Å². The van der Waals surface area contributed by atoms with Gasteiger partial charge in [0.25, 0.3) is 0 Å². The van der Waals surface area contributed by atoms with Gasteiger partial charge in [-0.05, 0) is 29.3 Å². The van der Waals surface area contributed by atoms with Gasteiger partial charge in [0, 0.05) is 44.7 Å². The molecule has 0 radical (unpaired) electrons. The molecule has 0 unspecified atom stereocenters. The third-order valence-corrected chi connectivity index (χ3v) is 6.49. The number of hydrazone groups is 1. The van der Waals surface area contributed by atoms with E-state index in [-0.39, 0.29) is 11.9 Å². The van der Waals surface area contributed by atoms with E-state index in [9.17, 15) is 4.79 Å². The molecule has 1 aliphatic heterocycles. The van der Waals surface area contributed by atoms with Crippen LogP contribution in [0.2, 0.25) is 0 Å². The SMILES string of the molecule is COc1ccc(OC)c(/C=N\NC(=O)CCN2CCN(C(c3ccccc3)c3ccccc3)CC2)c1. The van der Waals surface area contributed by atoms with Crippen LogP contribution in [0.25, 0.3) is 0 Å². The maximum absolute atomic E-state index is 12.4. The average molecular weight is 487 g/mol. The van der Waals surface area contributed by atoms with Gasteiger partial charge in [-0.1, -0.05) is 60.7 Å². The molecule has 0 spiro atoms. The van der Waals surface area contributed by atoms with Crippen LogP contribution in [0.4, 0.5) is 0 Å². The van der Waals surface area contributed by atoms with E-state index >= 15 is 0 Å². The molecule has 3 aromatic rings. The molecule has 7 heteroatoms. The Labute approximate surface area is 213 Å². The van der Waals surface area contributed by atoms with Crippen molar-refractivity contribution in [2.24, 2.45) is 5.10 Å². The Hall–Kier alpha value is -3.68. The third-order valence-electron chi connectivity index (χ3n) is 6.49. The molecule has 36 heavy (non-hydrogen) atoms. The van der Waals surface area contributed by atoms with Gasteiger partial charge in [0.05, 0.1) is 26.5 Å². The number of amides is 1. The Morgan fingerprint density at radius 3 is 2.14 bits per heavy atom. The molecule has 0 atom stereocenters. The number of benzene rings is 3. The van der Waals surface area contributed by atoms with Crippen LogP contribution in [0.15, 0.2) is 84.0 Å². The molecule has 0 aromatic heterocycles. The maximum Gasteiger partial charge on any atom is 0.241 e. The molecule has 1 aliphatic rings. The maximum atomic E-state index is 12.4. The molecular weight excluding hydrogens is 452 g/mol. The van der Waals surface area contributed by atoms with Gasteiger partial charge in [-0.2, -0.15) is 5.10 Å². The summed E-state index contributed by atoms with van der Waals surface area (Å²) in [5.74, 6) is 1.25. The smallest absolute Gasteiger partial charge is 0.241 e. The highest BCUT2D eigenvalue weighted by Crippen LogP contribution is 2.29. The van der Waals surface area contributed by atoms with E-state index in [0.717, 1.165) is 31.7 Å². The molecule has 7 nitrogen and oxygen atoms in total. The fraction of sp³-hybridized carbons (Fsp3) is 0.310. The lowest BCUT2D eigenvalue weighted by Crippen LogP contribution is -2.48. The van der Waals surface area contributed by atoms with Crippen LogP contribution in [-0.4, -0.2) is 68.9 Å². The zero-order valence-electron chi connectivity index (χ0n) is 21.0. The minimum absolute atomic E-state index is 0.109. The number of carbonyl (C=O) groups is 1. The van der Waals surface area contributed by atoms with E-state index in [1.807, 2.05) is 18.2 Å². The van der Waals surface area contributed by atoms with E-state index in [1.54, 1.807) is 20.4 Å². The second-order valence-corrected chi connectivity index (χ2v) is 8.75. The van der Waals surface area contributed by atoms with E-state index in [0.29, 0.717) is 24.5 Å². The van der Waals surface area contributed by atoms with Crippen molar-refractivity contribution in [1.29, 1.82) is 0 Å². The lowest BCUT2D eigenvalue weighted by Gasteiger charge is -2.39. The quantitative estimate of drug-likeness (QED) is 0.347. The first-order chi connectivity index (χ1) is 17.7. The van der Waals surface area contributed by atoms with Crippen LogP contribution < -0.4 is 14.9 Å². The molecule has 1 heterocycles. The second kappa shape index (κ2) is 12.9. The van der Waals surface area contributed by atoms with Gasteiger partial charge in [-0.15, -0.1) is 0 Å². The van der Waals surface area contributed by atoms with Crippen molar-refractivity contribution in [1.82, 2.24) is 15.2 Å². The van der Waals surface area contributed by atoms with Gasteiger partial charge >= 0.3 is 0 Å². The second-order valence-electron chi connectivity index (χ2n) is 8.75. The molecule has 3 aromatic carbocycles. The van der Waals surface area contributed by atoms with E-state index in [2.05, 4.69) is 81.0 Å². The number of piperazine rings is 1. The number of carbonyl (C=O) groups excluding carboxylic acids is 1. The summed E-state index contributed by atoms with van der Waals surface area (Å²) in [5.41, 5.74) is 5.98. The minimum atomic E-state index is -0.109. The van der Waals surface area contributed by atoms with Crippen molar-refractivity contribution in [2.75, 3.05) is 46.9 Å². The Kier molecular flexibility index (Phi) is 9.08. The van der Waals surface area contributed by atoms with Gasteiger partial charge in [0.1, 0.15) is 11.5 Å². The molecule has 188 valence electrons. The van der Waals surface area contributed by atoms with Crippen molar-refractivity contribution in [2.45, 2.75) is 12.5 Å². The Balaban J connectivity index is 1.27. The standard InChI is InChI=1S/C29H34N4O3/c1-35-26-13-14-27(36-2)25(21-26)22-30-31-28(34)15-16-32-17-19-33(20-18-32)29(23-9-5-3-6-10-23)24-11-7-4-8-12-24/h3-14,21-22,29H,15-20H2,1-2H3,(H,31,34)/b30-22-. The van der Waals surface area contributed by atoms with Gasteiger partial charge in [0.15, 0.2) is 0 Å². The van der Waals surface area contributed by atoms with Crippen LogP contribution in [0.3, 0.4) is 0 Å². The van der Waals surface area contributed by atoms with Gasteiger partial charge in [-0.25, -0.2) is 5.43 Å². The van der Waals surface area contributed by atoms with E-state index in [4.69, 9.17) is 9.47 Å². The summed E-state index contributed by atoms with van der Waals surface area (Å²) in [6.45, 7) is 4.45. The van der Waals surface area contributed by atoms with Gasteiger partial charge in [-0.3, -0.25) is 9.69 Å². The molecule has 1 N–H and O–H groups in total. The highest BCUT2D eigenvalue weighted by molar-refractivity contribution is 5.85. The molecule has 1 fully saturated rings. The lowest BCUT2D eigenvalue weighted by atomic mass is 9.96. The van der Waals surface area contributed by atoms with Crippen molar-refractivity contribution in [3.63, 3.8) is 0 Å². The summed E-state index contributed by atoms with van der Waals surface area (Å²) in [7, 11) is 3.20. The summed E-state index contributed by atoms with van der Waals surface area (Å²) in [4.78, 5) is 17.3. The number of hydrogen-bond donors (Lipinski definition) is 1. The summed E-state index contributed by atoms with van der Waals surface area (Å²) in [6, 6.07) is 27.0. The van der Waals surface area contributed by atoms with Crippen LogP contribution in [0.5, 0.6) is 11.5 Å². The third kappa shape index (κ3) is 6.71. The topological polar surface area (TPSA) is 66.4 Å². The average Bonchev–Trinajstić information content (AvgIpc) is 2.94. The summed E-state index contributed by atoms with van der Waals surface area (Å²) >= 11 is 0. The minimum Gasteiger partial charge on any atom is -0.497 e. The Morgan fingerprint density at radius 1 is 0.917 bits per heavy atom. The Morgan fingerprint density at radius 2 is 1.56 bits per heavy atom. The Bertz CT molecular complexity index is 1090. The number of hydrogen-bond acceptors (Lipinski definition) is 6. The molecule has 4 rings (SSSR count). The van der Waals surface area contributed by atoms with Crippen LogP contribution in [-0.2, 0) is 4.79 Å². The predicted molar refractivity (Wildman–Crippen MR) is 143 cm³/mol. The summed E-state index contributed by atoms with van der Waals surface area (Å²) < 4.78 is 10.6. The van der Waals surface area contributed by atoms with E-state index in [1.165, 1.54) is 11.1 Å². The van der Waals surface area contributed by atoms with Crippen molar-refractivity contribution in [3.05, 3.63) is 95.6 Å². The van der Waals surface area contributed by atoms with Crippen LogP contribution in [0.1, 0.15) is 29.2 Å². The first-order valence-electron chi connectivity index (χ1n) is 12.3. The fourth-order valence-electron chi connectivity index (χ4n) is 4.56. The zero-order valence-corrected chi connectivity index (χ0v) is 21.0. The van der Waals surface area contributed by atoms with Crippen LogP contribution in [0, 0.1) is 0 Å². The number of ether oxygens (including phenoxy) is 2. The number of rotatable bonds is 10. The van der Waals surface area contributed by atoms with Crippen LogP contribution >= 0.6 is 0 Å². The number of nitrogens with zero attached hydrogens (tertiary/aromatic N) is 3. The molecule has 0 bridgehead atoms. The highest BCUT2D eigenvalue weighted by atomic mass is 16.5. The summed E-state index contributed by atoms with van der Waals surface area (Å²) in [6.07, 6.45) is 1.97. The van der Waals surface area contributed by atoms with Crippen molar-refractivity contribution >= 4 is 12.1 Å². The highest BCUT2D eigenvalue weighted by Gasteiger charge is 2.26. The fourth-order valence-corrected chi connectivity index (χ4v) is 4.56. The normalized spacial score (nSPS) is 14.8. The zero-order chi connectivity index (χ0) is 25.2.